The Morgan fingerprint density at radius 2 is 1.67 bits per heavy atom. The molecule has 1 heterocycles. The molecule has 0 radical (unpaired) electrons. The van der Waals surface area contributed by atoms with Crippen LogP contribution in [0.25, 0.3) is 11.5 Å². The molecular weight excluding hydrogens is 388 g/mol. The van der Waals surface area contributed by atoms with Crippen molar-refractivity contribution < 1.29 is 28.2 Å². The van der Waals surface area contributed by atoms with Gasteiger partial charge in [-0.05, 0) is 55.5 Å². The van der Waals surface area contributed by atoms with Gasteiger partial charge in [-0.25, -0.2) is 4.79 Å². The highest BCUT2D eigenvalue weighted by Gasteiger charge is 2.19. The third-order valence-electron chi connectivity index (χ3n) is 4.29. The number of ketones is 1. The van der Waals surface area contributed by atoms with Crippen LogP contribution in [-0.4, -0.2) is 35.7 Å². The van der Waals surface area contributed by atoms with E-state index in [-0.39, 0.29) is 18.3 Å². The van der Waals surface area contributed by atoms with Crippen LogP contribution < -0.4 is 9.47 Å². The number of rotatable bonds is 9. The number of ether oxygens (including phenoxy) is 3. The average molecular weight is 410 g/mol. The van der Waals surface area contributed by atoms with E-state index in [0.29, 0.717) is 29.4 Å². The maximum Gasteiger partial charge on any atom is 0.344 e. The minimum Gasteiger partial charge on any atom is -0.497 e. The van der Waals surface area contributed by atoms with E-state index in [0.717, 1.165) is 5.56 Å². The topological polar surface area (TPSA) is 101 Å². The Kier molecular flexibility index (Phi) is 6.79. The average Bonchev–Trinajstić information content (AvgIpc) is 3.28. The number of esters is 1. The zero-order valence-electron chi connectivity index (χ0n) is 17.0. The lowest BCUT2D eigenvalue weighted by Crippen LogP contribution is -2.17. The van der Waals surface area contributed by atoms with Gasteiger partial charge in [-0.3, -0.25) is 4.79 Å². The number of hydrogen-bond acceptors (Lipinski definition) is 8. The maximum absolute atomic E-state index is 12.1. The third-order valence-corrected chi connectivity index (χ3v) is 4.29. The first-order valence-electron chi connectivity index (χ1n) is 9.43. The Hall–Kier alpha value is -3.68. The number of hydrogen-bond donors (Lipinski definition) is 0. The number of Topliss-reactive ketones (excluding diaryl/α,β-unsaturated/α-hetero) is 1. The minimum absolute atomic E-state index is 0.0448. The molecule has 2 aromatic carbocycles. The lowest BCUT2D eigenvalue weighted by Gasteiger charge is -2.10. The van der Waals surface area contributed by atoms with Crippen LogP contribution in [-0.2, 0) is 9.53 Å². The van der Waals surface area contributed by atoms with Crippen molar-refractivity contribution in [2.75, 3.05) is 13.7 Å². The molecule has 3 rings (SSSR count). The van der Waals surface area contributed by atoms with Crippen molar-refractivity contribution in [2.45, 2.75) is 26.4 Å². The second-order valence-electron chi connectivity index (χ2n) is 6.40. The van der Waals surface area contributed by atoms with Gasteiger partial charge in [0.2, 0.25) is 5.89 Å². The summed E-state index contributed by atoms with van der Waals surface area (Å²) < 4.78 is 21.4. The smallest absolute Gasteiger partial charge is 0.344 e. The summed E-state index contributed by atoms with van der Waals surface area (Å²) in [6, 6.07) is 13.7. The number of carbonyl (C=O) groups excluding carboxylic acids is 2. The van der Waals surface area contributed by atoms with E-state index in [1.54, 1.807) is 69.5 Å². The van der Waals surface area contributed by atoms with Gasteiger partial charge in [-0.1, -0.05) is 6.92 Å². The monoisotopic (exact) mass is 410 g/mol. The van der Waals surface area contributed by atoms with Crippen molar-refractivity contribution in [1.82, 2.24) is 10.2 Å². The Morgan fingerprint density at radius 3 is 2.30 bits per heavy atom. The Labute approximate surface area is 173 Å². The van der Waals surface area contributed by atoms with Crippen molar-refractivity contribution in [3.8, 4) is 23.0 Å². The van der Waals surface area contributed by atoms with Crippen molar-refractivity contribution in [3.63, 3.8) is 0 Å². The van der Waals surface area contributed by atoms with E-state index in [9.17, 15) is 9.59 Å². The maximum atomic E-state index is 12.1. The first-order chi connectivity index (χ1) is 14.5. The van der Waals surface area contributed by atoms with Crippen LogP contribution in [0.5, 0.6) is 11.5 Å². The van der Waals surface area contributed by atoms with Gasteiger partial charge in [0.15, 0.2) is 18.5 Å². The minimum atomic E-state index is -0.731. The number of benzene rings is 2. The fraction of sp³-hybridized carbons (Fsp3) is 0.273. The third kappa shape index (κ3) is 5.22. The van der Waals surface area contributed by atoms with Gasteiger partial charge in [0.25, 0.3) is 5.89 Å². The van der Waals surface area contributed by atoms with E-state index in [1.807, 2.05) is 0 Å². The summed E-state index contributed by atoms with van der Waals surface area (Å²) >= 11 is 0. The van der Waals surface area contributed by atoms with Gasteiger partial charge in [0.05, 0.1) is 7.11 Å². The molecule has 0 spiro atoms. The number of nitrogens with zero attached hydrogens (tertiary/aromatic N) is 2. The zero-order chi connectivity index (χ0) is 21.5. The SMILES string of the molecule is CCC(=O)c1ccc(OCC(=O)O[C@@H](C)c2nnc(-c3ccc(OC)cc3)o2)cc1. The molecule has 0 aliphatic carbocycles. The molecule has 0 fully saturated rings. The van der Waals surface area contributed by atoms with E-state index in [4.69, 9.17) is 18.6 Å². The molecular formula is C22H22N2O6. The standard InChI is InChI=1S/C22H22N2O6/c1-4-19(25)15-5-11-18(12-6-15)28-13-20(26)29-14(2)21-23-24-22(30-21)16-7-9-17(27-3)10-8-16/h5-12,14H,4,13H2,1-3H3/t14-/m0/s1. The molecule has 0 aliphatic rings. The van der Waals surface area contributed by atoms with Crippen molar-refractivity contribution >= 4 is 11.8 Å². The molecule has 3 aromatic rings. The lowest BCUT2D eigenvalue weighted by atomic mass is 10.1. The molecule has 1 aromatic heterocycles. The molecule has 0 N–H and O–H groups in total. The number of methoxy groups -OCH3 is 1. The van der Waals surface area contributed by atoms with Crippen LogP contribution in [0.1, 0.15) is 42.6 Å². The van der Waals surface area contributed by atoms with Crippen LogP contribution in [0.15, 0.2) is 52.9 Å². The van der Waals surface area contributed by atoms with Gasteiger partial charge in [0.1, 0.15) is 11.5 Å². The molecule has 156 valence electrons. The first kappa shape index (κ1) is 21.0. The summed E-state index contributed by atoms with van der Waals surface area (Å²) in [5.41, 5.74) is 1.33. The summed E-state index contributed by atoms with van der Waals surface area (Å²) in [5.74, 6) is 1.13. The second kappa shape index (κ2) is 9.69. The Morgan fingerprint density at radius 1 is 1.00 bits per heavy atom. The van der Waals surface area contributed by atoms with Crippen molar-refractivity contribution in [1.29, 1.82) is 0 Å². The molecule has 0 saturated carbocycles. The van der Waals surface area contributed by atoms with Gasteiger partial charge < -0.3 is 18.6 Å². The summed E-state index contributed by atoms with van der Waals surface area (Å²) in [6.07, 6.45) is -0.301. The zero-order valence-corrected chi connectivity index (χ0v) is 17.0. The summed E-state index contributed by atoms with van der Waals surface area (Å²) in [5, 5.41) is 7.93. The lowest BCUT2D eigenvalue weighted by molar-refractivity contribution is -0.152. The molecule has 0 aliphatic heterocycles. The predicted octanol–water partition coefficient (Wildman–Crippen LogP) is 4.02. The quantitative estimate of drug-likeness (QED) is 0.385. The van der Waals surface area contributed by atoms with Crippen LogP contribution in [0.2, 0.25) is 0 Å². The Bertz CT molecular complexity index is 995. The molecule has 0 saturated heterocycles. The van der Waals surface area contributed by atoms with E-state index in [1.165, 1.54) is 0 Å². The van der Waals surface area contributed by atoms with E-state index >= 15 is 0 Å². The van der Waals surface area contributed by atoms with Gasteiger partial charge >= 0.3 is 5.97 Å². The molecule has 0 unspecified atom stereocenters. The van der Waals surface area contributed by atoms with Gasteiger partial charge in [-0.2, -0.15) is 0 Å². The summed E-state index contributed by atoms with van der Waals surface area (Å²) in [4.78, 5) is 23.7. The van der Waals surface area contributed by atoms with Gasteiger partial charge in [-0.15, -0.1) is 10.2 Å². The van der Waals surface area contributed by atoms with E-state index < -0.39 is 12.1 Å². The Balaban J connectivity index is 1.53. The molecule has 0 amide bonds. The van der Waals surface area contributed by atoms with Gasteiger partial charge in [0, 0.05) is 17.5 Å². The van der Waals surface area contributed by atoms with Crippen LogP contribution in [0.4, 0.5) is 0 Å². The molecule has 8 nitrogen and oxygen atoms in total. The highest BCUT2D eigenvalue weighted by Crippen LogP contribution is 2.24. The second-order valence-corrected chi connectivity index (χ2v) is 6.40. The number of carbonyl (C=O) groups is 2. The highest BCUT2D eigenvalue weighted by molar-refractivity contribution is 5.95. The normalized spacial score (nSPS) is 11.6. The fourth-order valence-electron chi connectivity index (χ4n) is 2.61. The summed E-state index contributed by atoms with van der Waals surface area (Å²) in [7, 11) is 1.59. The fourth-order valence-corrected chi connectivity index (χ4v) is 2.61. The van der Waals surface area contributed by atoms with Crippen LogP contribution >= 0.6 is 0 Å². The van der Waals surface area contributed by atoms with E-state index in [2.05, 4.69) is 10.2 Å². The highest BCUT2D eigenvalue weighted by atomic mass is 16.6. The molecule has 30 heavy (non-hydrogen) atoms. The molecule has 1 atom stereocenters. The van der Waals surface area contributed by atoms with Crippen LogP contribution in [0.3, 0.4) is 0 Å². The number of aromatic nitrogens is 2. The van der Waals surface area contributed by atoms with Crippen LogP contribution in [0, 0.1) is 0 Å². The molecule has 8 heteroatoms. The molecule has 0 bridgehead atoms. The predicted molar refractivity (Wildman–Crippen MR) is 107 cm³/mol. The first-order valence-corrected chi connectivity index (χ1v) is 9.43. The van der Waals surface area contributed by atoms with Crippen molar-refractivity contribution in [2.24, 2.45) is 0 Å². The van der Waals surface area contributed by atoms with Crippen molar-refractivity contribution in [3.05, 3.63) is 60.0 Å². The largest absolute Gasteiger partial charge is 0.497 e. The summed E-state index contributed by atoms with van der Waals surface area (Å²) in [6.45, 7) is 3.15.